The summed E-state index contributed by atoms with van der Waals surface area (Å²) in [5.74, 6) is 1.74. The van der Waals surface area contributed by atoms with Crippen molar-refractivity contribution < 1.29 is 4.74 Å². The number of nitrogens with zero attached hydrogens (tertiary/aromatic N) is 11. The molecule has 0 saturated carbocycles. The molecule has 0 fully saturated rings. The lowest BCUT2D eigenvalue weighted by Gasteiger charge is -2.22. The van der Waals surface area contributed by atoms with E-state index in [2.05, 4.69) is 99.9 Å². The van der Waals surface area contributed by atoms with Gasteiger partial charge in [-0.15, -0.1) is 12.4 Å². The Hall–Kier alpha value is -6.67. The first-order valence-corrected chi connectivity index (χ1v) is 17.9. The molecule has 0 atom stereocenters. The van der Waals surface area contributed by atoms with E-state index < -0.39 is 0 Å². The van der Waals surface area contributed by atoms with Crippen LogP contribution in [0.4, 0.5) is 23.0 Å². The summed E-state index contributed by atoms with van der Waals surface area (Å²) < 4.78 is 9.03. The Bertz CT molecular complexity index is 2650. The number of halogens is 1. The smallest absolute Gasteiger partial charge is 0.344 e. The van der Waals surface area contributed by atoms with Crippen LogP contribution in [0, 0.1) is 0 Å². The molecule has 56 heavy (non-hydrogen) atoms. The van der Waals surface area contributed by atoms with E-state index in [1.165, 1.54) is 11.1 Å². The van der Waals surface area contributed by atoms with E-state index >= 15 is 0 Å². The number of anilines is 4. The summed E-state index contributed by atoms with van der Waals surface area (Å²) in [6, 6.07) is 17.1. The van der Waals surface area contributed by atoms with Gasteiger partial charge in [-0.05, 0) is 59.4 Å². The second kappa shape index (κ2) is 16.8. The number of ether oxygens (including phenoxy) is 1. The van der Waals surface area contributed by atoms with Crippen molar-refractivity contribution in [2.45, 2.75) is 26.7 Å². The molecule has 286 valence electrons. The fraction of sp³-hybridized carbons (Fsp3) is 0.220. The number of imidazole rings is 2. The van der Waals surface area contributed by atoms with Gasteiger partial charge in [0.2, 0.25) is 0 Å². The van der Waals surface area contributed by atoms with Crippen LogP contribution in [0.2, 0.25) is 0 Å². The predicted octanol–water partition coefficient (Wildman–Crippen LogP) is 7.23. The minimum absolute atomic E-state index is 0. The highest BCUT2D eigenvalue weighted by atomic mass is 35.5. The molecule has 15 heteroatoms. The minimum Gasteiger partial charge on any atom is -0.467 e. The maximum absolute atomic E-state index is 11.2. The third kappa shape index (κ3) is 7.91. The minimum atomic E-state index is -0.345. The highest BCUT2D eigenvalue weighted by Crippen LogP contribution is 2.33. The Labute approximate surface area is 330 Å². The number of aromatic nitrogens is 10. The molecule has 6 aromatic heterocycles. The van der Waals surface area contributed by atoms with Gasteiger partial charge >= 0.3 is 11.7 Å². The molecule has 0 amide bonds. The van der Waals surface area contributed by atoms with Gasteiger partial charge in [0.1, 0.15) is 22.7 Å². The van der Waals surface area contributed by atoms with Crippen molar-refractivity contribution in [2.24, 2.45) is 14.1 Å². The molecular formula is C41H43ClN12O2. The molecule has 2 aromatic carbocycles. The van der Waals surface area contributed by atoms with Crippen LogP contribution in [0.1, 0.15) is 25.0 Å². The number of aryl methyl sites for hydroxylation is 4. The predicted molar refractivity (Wildman–Crippen MR) is 223 cm³/mol. The van der Waals surface area contributed by atoms with Crippen LogP contribution >= 0.6 is 12.4 Å². The van der Waals surface area contributed by atoms with Crippen LogP contribution in [0.5, 0.6) is 6.01 Å². The number of benzene rings is 2. The highest BCUT2D eigenvalue weighted by Gasteiger charge is 2.15. The zero-order chi connectivity index (χ0) is 38.6. The van der Waals surface area contributed by atoms with Gasteiger partial charge in [0.15, 0.2) is 0 Å². The van der Waals surface area contributed by atoms with Crippen molar-refractivity contribution in [3.63, 3.8) is 0 Å². The number of H-pyrrole nitrogens is 1. The summed E-state index contributed by atoms with van der Waals surface area (Å²) in [6.45, 7) is 4.28. The van der Waals surface area contributed by atoms with Gasteiger partial charge in [-0.25, -0.2) is 39.7 Å². The maximum atomic E-state index is 11.2. The van der Waals surface area contributed by atoms with Crippen molar-refractivity contribution in [3.8, 4) is 28.3 Å². The van der Waals surface area contributed by atoms with E-state index in [0.717, 1.165) is 80.2 Å². The quantitative estimate of drug-likeness (QED) is 0.158. The van der Waals surface area contributed by atoms with Gasteiger partial charge in [-0.2, -0.15) is 0 Å². The van der Waals surface area contributed by atoms with Gasteiger partial charge in [0.25, 0.3) is 0 Å². The molecule has 1 N–H and O–H groups in total. The van der Waals surface area contributed by atoms with Crippen LogP contribution in [-0.2, 0) is 26.9 Å². The molecule has 0 spiro atoms. The first-order chi connectivity index (χ1) is 26.7. The summed E-state index contributed by atoms with van der Waals surface area (Å²) in [7, 11) is 9.58. The van der Waals surface area contributed by atoms with E-state index in [4.69, 9.17) is 4.74 Å². The molecule has 6 heterocycles. The zero-order valence-electron chi connectivity index (χ0n) is 32.3. The number of pyridine rings is 2. The normalized spacial score (nSPS) is 10.8. The van der Waals surface area contributed by atoms with Gasteiger partial charge < -0.3 is 28.7 Å². The van der Waals surface area contributed by atoms with Crippen molar-refractivity contribution >= 4 is 57.5 Å². The molecule has 0 aliphatic rings. The summed E-state index contributed by atoms with van der Waals surface area (Å²) >= 11 is 0. The lowest BCUT2D eigenvalue weighted by atomic mass is 10.0. The van der Waals surface area contributed by atoms with Crippen LogP contribution < -0.4 is 20.2 Å². The average molecular weight is 771 g/mol. The van der Waals surface area contributed by atoms with E-state index in [0.29, 0.717) is 6.01 Å². The van der Waals surface area contributed by atoms with Crippen molar-refractivity contribution in [2.75, 3.05) is 31.0 Å². The second-order valence-electron chi connectivity index (χ2n) is 13.1. The summed E-state index contributed by atoms with van der Waals surface area (Å²) in [4.78, 5) is 48.0. The first-order valence-electron chi connectivity index (χ1n) is 17.9. The van der Waals surface area contributed by atoms with Crippen LogP contribution in [0.15, 0.2) is 103 Å². The van der Waals surface area contributed by atoms with Gasteiger partial charge in [0.05, 0.1) is 43.2 Å². The van der Waals surface area contributed by atoms with E-state index in [1.54, 1.807) is 50.7 Å². The Kier molecular flexibility index (Phi) is 11.7. The van der Waals surface area contributed by atoms with Crippen LogP contribution in [0.3, 0.4) is 0 Å². The molecule has 0 saturated heterocycles. The van der Waals surface area contributed by atoms with Crippen molar-refractivity contribution in [1.29, 1.82) is 0 Å². The molecule has 0 bridgehead atoms. The Morgan fingerprint density at radius 1 is 0.625 bits per heavy atom. The number of hydrogen-bond donors (Lipinski definition) is 1. The molecule has 0 aliphatic carbocycles. The number of nitrogens with one attached hydrogen (secondary N) is 1. The molecule has 0 radical (unpaired) electrons. The maximum Gasteiger partial charge on any atom is 0.344 e. The van der Waals surface area contributed by atoms with Crippen molar-refractivity contribution in [1.82, 2.24) is 49.0 Å². The fourth-order valence-electron chi connectivity index (χ4n) is 6.48. The first kappa shape index (κ1) is 39.0. The lowest BCUT2D eigenvalue weighted by molar-refractivity contribution is 0.380. The Morgan fingerprint density at radius 2 is 1.11 bits per heavy atom. The lowest BCUT2D eigenvalue weighted by Crippen LogP contribution is -2.13. The van der Waals surface area contributed by atoms with E-state index in [9.17, 15) is 4.79 Å². The van der Waals surface area contributed by atoms with E-state index in [-0.39, 0.29) is 18.1 Å². The third-order valence-corrected chi connectivity index (χ3v) is 9.67. The largest absolute Gasteiger partial charge is 0.467 e. The number of rotatable bonds is 9. The standard InChI is InChI=1S/C21H22N6O.C20H20N6O.ClH/c1-5-14-8-15(16-10-23-21(28-4)24-11-16)6-7-18(14)27(3)20-9-19-17(12-22-20)25-13-26(19)2;1-4-13-7-14(15-9-22-20(27)23-10-15)5-6-17(13)26(3)19-8-18-16(11-21-19)24-12-25(18)2;/h6-13H,5H2,1-4H3;5-12H,4H2,1-3H3,(H,22,23,27);1H. The fourth-order valence-corrected chi connectivity index (χ4v) is 6.48. The van der Waals surface area contributed by atoms with E-state index in [1.807, 2.05) is 55.7 Å². The summed E-state index contributed by atoms with van der Waals surface area (Å²) in [5.41, 5.74) is 12.1. The van der Waals surface area contributed by atoms with Crippen LogP contribution in [0.25, 0.3) is 44.3 Å². The zero-order valence-corrected chi connectivity index (χ0v) is 33.1. The summed E-state index contributed by atoms with van der Waals surface area (Å²) in [5, 5.41) is 0. The number of methoxy groups -OCH3 is 1. The molecule has 14 nitrogen and oxygen atoms in total. The average Bonchev–Trinajstić information content (AvgIpc) is 3.80. The summed E-state index contributed by atoms with van der Waals surface area (Å²) in [6.07, 6.45) is 15.8. The van der Waals surface area contributed by atoms with Gasteiger partial charge in [-0.3, -0.25) is 0 Å². The van der Waals surface area contributed by atoms with Gasteiger partial charge in [-0.1, -0.05) is 26.0 Å². The number of aromatic amines is 1. The Balaban J connectivity index is 0.000000187. The SMILES string of the molecule is CCc1cc(-c2cnc(=O)[nH]c2)ccc1N(C)c1cc2c(cn1)ncn2C.CCc1cc(-c2cnc(OC)nc2)ccc1N(C)c1cc2c(cn1)ncn2C.Cl. The highest BCUT2D eigenvalue weighted by molar-refractivity contribution is 5.85. The number of hydrogen-bond acceptors (Lipinski definition) is 11. The van der Waals surface area contributed by atoms with Gasteiger partial charge in [0, 0.05) is 87.6 Å². The second-order valence-corrected chi connectivity index (χ2v) is 13.1. The monoisotopic (exact) mass is 770 g/mol. The Morgan fingerprint density at radius 3 is 1.55 bits per heavy atom. The molecule has 8 aromatic rings. The molecule has 8 rings (SSSR count). The topological polar surface area (TPSA) is 149 Å². The number of fused-ring (bicyclic) bond motifs is 2. The third-order valence-electron chi connectivity index (χ3n) is 9.67. The molecular weight excluding hydrogens is 728 g/mol. The molecule has 0 aliphatic heterocycles. The van der Waals surface area contributed by atoms with Crippen molar-refractivity contribution in [3.05, 3.63) is 120 Å². The molecule has 0 unspecified atom stereocenters. The van der Waals surface area contributed by atoms with Crippen LogP contribution in [-0.4, -0.2) is 70.2 Å².